The van der Waals surface area contributed by atoms with Crippen molar-refractivity contribution in [2.45, 2.75) is 32.4 Å². The SMILES string of the molecule is Cc1ccn(CC(=O)NC2CCCN(c3ccccc3Cl)C2)c(=O)c1. The Morgan fingerprint density at radius 1 is 1.32 bits per heavy atom. The molecule has 6 heteroatoms. The Kier molecular flexibility index (Phi) is 5.43. The summed E-state index contributed by atoms with van der Waals surface area (Å²) < 4.78 is 1.43. The van der Waals surface area contributed by atoms with Gasteiger partial charge in [0, 0.05) is 31.4 Å². The van der Waals surface area contributed by atoms with E-state index in [0.29, 0.717) is 0 Å². The van der Waals surface area contributed by atoms with Crippen molar-refractivity contribution in [2.24, 2.45) is 0 Å². The number of amides is 1. The summed E-state index contributed by atoms with van der Waals surface area (Å²) in [7, 11) is 0. The molecule has 1 aromatic heterocycles. The molecule has 1 saturated heterocycles. The van der Waals surface area contributed by atoms with Gasteiger partial charge in [0.2, 0.25) is 5.91 Å². The molecule has 0 aliphatic carbocycles. The lowest BCUT2D eigenvalue weighted by atomic mass is 10.0. The van der Waals surface area contributed by atoms with Gasteiger partial charge in [0.25, 0.3) is 5.56 Å². The van der Waals surface area contributed by atoms with Crippen LogP contribution in [0.25, 0.3) is 0 Å². The maximum Gasteiger partial charge on any atom is 0.251 e. The number of hydrogen-bond donors (Lipinski definition) is 1. The second-order valence-electron chi connectivity index (χ2n) is 6.47. The monoisotopic (exact) mass is 359 g/mol. The number of nitrogens with one attached hydrogen (secondary N) is 1. The summed E-state index contributed by atoms with van der Waals surface area (Å²) in [5, 5.41) is 3.77. The molecule has 1 aliphatic heterocycles. The maximum absolute atomic E-state index is 12.3. The Morgan fingerprint density at radius 2 is 2.12 bits per heavy atom. The molecule has 2 aromatic rings. The molecular formula is C19H22ClN3O2. The van der Waals surface area contributed by atoms with Crippen molar-refractivity contribution in [2.75, 3.05) is 18.0 Å². The molecule has 0 spiro atoms. The van der Waals surface area contributed by atoms with Gasteiger partial charge >= 0.3 is 0 Å². The highest BCUT2D eigenvalue weighted by molar-refractivity contribution is 6.33. The summed E-state index contributed by atoms with van der Waals surface area (Å²) in [5.74, 6) is -0.142. The number of piperidine rings is 1. The minimum absolute atomic E-state index is 0.0434. The van der Waals surface area contributed by atoms with Crippen LogP contribution in [-0.2, 0) is 11.3 Å². The number of nitrogens with zero attached hydrogens (tertiary/aromatic N) is 2. The van der Waals surface area contributed by atoms with Crippen molar-refractivity contribution in [1.82, 2.24) is 9.88 Å². The summed E-state index contributed by atoms with van der Waals surface area (Å²) in [6.45, 7) is 3.55. The largest absolute Gasteiger partial charge is 0.368 e. The van der Waals surface area contributed by atoms with Crippen LogP contribution in [0.15, 0.2) is 47.4 Å². The summed E-state index contributed by atoms with van der Waals surface area (Å²) in [6, 6.07) is 11.2. The summed E-state index contributed by atoms with van der Waals surface area (Å²) in [4.78, 5) is 26.4. The van der Waals surface area contributed by atoms with Crippen LogP contribution in [0, 0.1) is 6.92 Å². The Bertz CT molecular complexity index is 818. The lowest BCUT2D eigenvalue weighted by molar-refractivity contribution is -0.122. The van der Waals surface area contributed by atoms with E-state index in [-0.39, 0.29) is 24.1 Å². The highest BCUT2D eigenvalue weighted by atomic mass is 35.5. The van der Waals surface area contributed by atoms with Crippen molar-refractivity contribution < 1.29 is 4.79 Å². The van der Waals surface area contributed by atoms with Gasteiger partial charge in [-0.25, -0.2) is 0 Å². The number of benzene rings is 1. The number of pyridine rings is 1. The quantitative estimate of drug-likeness (QED) is 0.912. The van der Waals surface area contributed by atoms with Crippen molar-refractivity contribution in [1.29, 1.82) is 0 Å². The summed E-state index contributed by atoms with van der Waals surface area (Å²) >= 11 is 6.28. The fraction of sp³-hybridized carbons (Fsp3) is 0.368. The van der Waals surface area contributed by atoms with E-state index in [1.54, 1.807) is 6.20 Å². The Morgan fingerprint density at radius 3 is 2.88 bits per heavy atom. The second-order valence-corrected chi connectivity index (χ2v) is 6.88. The summed E-state index contributed by atoms with van der Waals surface area (Å²) in [5.41, 5.74) is 1.73. The molecular weight excluding hydrogens is 338 g/mol. The van der Waals surface area contributed by atoms with Gasteiger partial charge in [-0.05, 0) is 43.5 Å². The van der Waals surface area contributed by atoms with Gasteiger partial charge in [-0.1, -0.05) is 23.7 Å². The molecule has 3 rings (SSSR count). The topological polar surface area (TPSA) is 54.3 Å². The van der Waals surface area contributed by atoms with E-state index in [4.69, 9.17) is 11.6 Å². The molecule has 2 heterocycles. The zero-order valence-electron chi connectivity index (χ0n) is 14.2. The molecule has 1 fully saturated rings. The number of hydrogen-bond acceptors (Lipinski definition) is 3. The van der Waals surface area contributed by atoms with Gasteiger partial charge in [0.05, 0.1) is 10.7 Å². The second kappa shape index (κ2) is 7.74. The highest BCUT2D eigenvalue weighted by Gasteiger charge is 2.22. The Hall–Kier alpha value is -2.27. The van der Waals surface area contributed by atoms with Gasteiger partial charge in [-0.15, -0.1) is 0 Å². The predicted molar refractivity (Wildman–Crippen MR) is 100 cm³/mol. The number of para-hydroxylation sites is 1. The van der Waals surface area contributed by atoms with Crippen LogP contribution in [0.5, 0.6) is 0 Å². The van der Waals surface area contributed by atoms with E-state index in [1.807, 2.05) is 37.3 Å². The fourth-order valence-corrected chi connectivity index (χ4v) is 3.44. The molecule has 0 bridgehead atoms. The highest BCUT2D eigenvalue weighted by Crippen LogP contribution is 2.27. The third-order valence-electron chi connectivity index (χ3n) is 4.45. The van der Waals surface area contributed by atoms with E-state index < -0.39 is 0 Å². The van der Waals surface area contributed by atoms with Crippen LogP contribution in [-0.4, -0.2) is 29.6 Å². The zero-order chi connectivity index (χ0) is 17.8. The first-order valence-corrected chi connectivity index (χ1v) is 8.86. The van der Waals surface area contributed by atoms with Crippen molar-refractivity contribution in [3.8, 4) is 0 Å². The van der Waals surface area contributed by atoms with Gasteiger partial charge in [-0.2, -0.15) is 0 Å². The van der Waals surface area contributed by atoms with Crippen molar-refractivity contribution in [3.63, 3.8) is 0 Å². The number of carbonyl (C=O) groups excluding carboxylic acids is 1. The van der Waals surface area contributed by atoms with Crippen LogP contribution in [0.1, 0.15) is 18.4 Å². The van der Waals surface area contributed by atoms with Gasteiger partial charge in [0.1, 0.15) is 6.54 Å². The molecule has 132 valence electrons. The third kappa shape index (κ3) is 4.42. The number of carbonyl (C=O) groups is 1. The van der Waals surface area contributed by atoms with Gasteiger partial charge in [0.15, 0.2) is 0 Å². The van der Waals surface area contributed by atoms with E-state index in [2.05, 4.69) is 10.2 Å². The first kappa shape index (κ1) is 17.5. The van der Waals surface area contributed by atoms with Crippen molar-refractivity contribution in [3.05, 3.63) is 63.5 Å². The molecule has 0 radical (unpaired) electrons. The standard InChI is InChI=1S/C19H22ClN3O2/c1-14-8-10-23(19(25)11-14)13-18(24)21-15-5-4-9-22(12-15)17-7-3-2-6-16(17)20/h2-3,6-8,10-11,15H,4-5,9,12-13H2,1H3,(H,21,24). The third-order valence-corrected chi connectivity index (χ3v) is 4.76. The molecule has 1 N–H and O–H groups in total. The molecule has 5 nitrogen and oxygen atoms in total. The molecule has 1 aromatic carbocycles. The van der Waals surface area contributed by atoms with Crippen LogP contribution < -0.4 is 15.8 Å². The van der Waals surface area contributed by atoms with Crippen LogP contribution in [0.2, 0.25) is 5.02 Å². The van der Waals surface area contributed by atoms with Gasteiger partial charge in [-0.3, -0.25) is 9.59 Å². The van der Waals surface area contributed by atoms with Crippen molar-refractivity contribution >= 4 is 23.2 Å². The predicted octanol–water partition coefficient (Wildman–Crippen LogP) is 2.60. The smallest absolute Gasteiger partial charge is 0.251 e. The minimum atomic E-state index is -0.156. The van der Waals surface area contributed by atoms with Crippen LogP contribution >= 0.6 is 11.6 Å². The molecule has 1 atom stereocenters. The summed E-state index contributed by atoms with van der Waals surface area (Å²) in [6.07, 6.45) is 3.57. The Labute approximate surface area is 152 Å². The molecule has 1 aliphatic rings. The first-order valence-electron chi connectivity index (χ1n) is 8.49. The molecule has 1 amide bonds. The lowest BCUT2D eigenvalue weighted by Gasteiger charge is -2.35. The number of aryl methyl sites for hydroxylation is 1. The number of anilines is 1. The number of aromatic nitrogens is 1. The molecule has 1 unspecified atom stereocenters. The Balaban J connectivity index is 1.61. The molecule has 0 saturated carbocycles. The number of halogens is 1. The van der Waals surface area contributed by atoms with Crippen LogP contribution in [0.4, 0.5) is 5.69 Å². The van der Waals surface area contributed by atoms with Crippen LogP contribution in [0.3, 0.4) is 0 Å². The van der Waals surface area contributed by atoms with E-state index >= 15 is 0 Å². The normalized spacial score (nSPS) is 17.4. The van der Waals surface area contributed by atoms with E-state index in [0.717, 1.165) is 42.2 Å². The minimum Gasteiger partial charge on any atom is -0.368 e. The average Bonchev–Trinajstić information content (AvgIpc) is 2.58. The van der Waals surface area contributed by atoms with E-state index in [1.165, 1.54) is 10.6 Å². The number of rotatable bonds is 4. The lowest BCUT2D eigenvalue weighted by Crippen LogP contribution is -2.49. The molecule has 25 heavy (non-hydrogen) atoms. The average molecular weight is 360 g/mol. The fourth-order valence-electron chi connectivity index (χ4n) is 3.19. The van der Waals surface area contributed by atoms with E-state index in [9.17, 15) is 9.59 Å². The maximum atomic E-state index is 12.3. The van der Waals surface area contributed by atoms with Gasteiger partial charge < -0.3 is 14.8 Å². The first-order chi connectivity index (χ1) is 12.0. The zero-order valence-corrected chi connectivity index (χ0v) is 15.0.